The van der Waals surface area contributed by atoms with Crippen molar-refractivity contribution in [3.05, 3.63) is 96.8 Å². The van der Waals surface area contributed by atoms with Crippen LogP contribution in [0.2, 0.25) is 0 Å². The Kier molecular flexibility index (Phi) is 3.89. The first-order valence-corrected chi connectivity index (χ1v) is 12.9. The molecular weight excluding hydrogens is 440 g/mol. The maximum absolute atomic E-state index is 13.8. The van der Waals surface area contributed by atoms with Crippen LogP contribution in [-0.4, -0.2) is 18.0 Å². The smallest absolute Gasteiger partial charge is 0.210 e. The first-order chi connectivity index (χ1) is 16.6. The summed E-state index contributed by atoms with van der Waals surface area (Å²) in [5.74, 6) is 0.863. The van der Waals surface area contributed by atoms with Gasteiger partial charge in [-0.15, -0.1) is 0 Å². The van der Waals surface area contributed by atoms with Crippen LogP contribution >= 0.6 is 0 Å². The predicted molar refractivity (Wildman–Crippen MR) is 136 cm³/mol. The van der Waals surface area contributed by atoms with Gasteiger partial charge in [0, 0.05) is 6.42 Å². The predicted octanol–water partition coefficient (Wildman–Crippen LogP) is 6.71. The van der Waals surface area contributed by atoms with Crippen molar-refractivity contribution in [2.24, 2.45) is 0 Å². The van der Waals surface area contributed by atoms with E-state index in [4.69, 9.17) is 4.98 Å². The molecule has 1 aliphatic rings. The van der Waals surface area contributed by atoms with Crippen LogP contribution in [0.5, 0.6) is 0 Å². The van der Waals surface area contributed by atoms with E-state index in [1.54, 1.807) is 12.1 Å². The molecule has 2 heterocycles. The Morgan fingerprint density at radius 2 is 1.53 bits per heavy atom. The molecule has 0 bridgehead atoms. The third-order valence-corrected chi connectivity index (χ3v) is 8.70. The summed E-state index contributed by atoms with van der Waals surface area (Å²) in [6.07, 6.45) is 0.713. The number of para-hydroxylation sites is 1. The van der Waals surface area contributed by atoms with Crippen LogP contribution < -0.4 is 0 Å². The molecule has 1 aliphatic heterocycles. The number of fused-ring (bicyclic) bond motifs is 5. The maximum Gasteiger partial charge on any atom is 0.210 e. The number of sulfone groups is 1. The Labute approximate surface area is 197 Å². The van der Waals surface area contributed by atoms with Gasteiger partial charge in [0.25, 0.3) is 0 Å². The number of nitrogens with zero attached hydrogens (tertiary/aromatic N) is 2. The lowest BCUT2D eigenvalue weighted by molar-refractivity contribution is 0.594. The number of benzene rings is 5. The van der Waals surface area contributed by atoms with Crippen LogP contribution in [0.3, 0.4) is 0 Å². The molecular formula is C29H20N2O2S. The van der Waals surface area contributed by atoms with Crippen LogP contribution in [-0.2, 0) is 16.3 Å². The van der Waals surface area contributed by atoms with Crippen molar-refractivity contribution in [3.63, 3.8) is 0 Å². The zero-order valence-electron chi connectivity index (χ0n) is 18.5. The topological polar surface area (TPSA) is 52.0 Å². The minimum atomic E-state index is -3.69. The van der Waals surface area contributed by atoms with Crippen molar-refractivity contribution in [2.75, 3.05) is 0 Å². The SMILES string of the molecule is CCc1nc2cccc3c2n1-c1ccc(-c2cc4ccccc4c4ccccc24)cc1S3(=O)=O. The highest BCUT2D eigenvalue weighted by molar-refractivity contribution is 7.92. The van der Waals surface area contributed by atoms with Crippen molar-refractivity contribution in [2.45, 2.75) is 23.1 Å². The molecule has 7 rings (SSSR count). The molecule has 5 heteroatoms. The lowest BCUT2D eigenvalue weighted by atomic mass is 9.93. The average Bonchev–Trinajstić information content (AvgIpc) is 3.26. The third kappa shape index (κ3) is 2.47. The van der Waals surface area contributed by atoms with E-state index in [9.17, 15) is 8.42 Å². The van der Waals surface area contributed by atoms with E-state index in [0.29, 0.717) is 32.9 Å². The molecule has 34 heavy (non-hydrogen) atoms. The van der Waals surface area contributed by atoms with Crippen LogP contribution in [0, 0.1) is 0 Å². The Bertz CT molecular complexity index is 1920. The Morgan fingerprint density at radius 3 is 2.35 bits per heavy atom. The number of aryl methyl sites for hydroxylation is 1. The van der Waals surface area contributed by atoms with Gasteiger partial charge in [0.05, 0.1) is 26.5 Å². The Balaban J connectivity index is 1.57. The van der Waals surface area contributed by atoms with Gasteiger partial charge in [-0.3, -0.25) is 4.57 Å². The van der Waals surface area contributed by atoms with Crippen molar-refractivity contribution >= 4 is 42.4 Å². The minimum absolute atomic E-state index is 0.324. The molecule has 0 atom stereocenters. The summed E-state index contributed by atoms with van der Waals surface area (Å²) < 4.78 is 29.6. The molecule has 164 valence electrons. The van der Waals surface area contributed by atoms with E-state index in [0.717, 1.165) is 33.1 Å². The van der Waals surface area contributed by atoms with Gasteiger partial charge in [-0.1, -0.05) is 67.6 Å². The van der Waals surface area contributed by atoms with Gasteiger partial charge in [0.1, 0.15) is 5.82 Å². The Hall–Kier alpha value is -3.96. The van der Waals surface area contributed by atoms with E-state index < -0.39 is 9.84 Å². The number of rotatable bonds is 2. The van der Waals surface area contributed by atoms with Crippen molar-refractivity contribution < 1.29 is 8.42 Å². The van der Waals surface area contributed by atoms with E-state index in [2.05, 4.69) is 36.4 Å². The van der Waals surface area contributed by atoms with Gasteiger partial charge >= 0.3 is 0 Å². The molecule has 0 unspecified atom stereocenters. The first kappa shape index (κ1) is 19.5. The van der Waals surface area contributed by atoms with E-state index in [-0.39, 0.29) is 0 Å². The molecule has 4 nitrogen and oxygen atoms in total. The molecule has 0 saturated heterocycles. The molecule has 0 spiro atoms. The quantitative estimate of drug-likeness (QED) is 0.270. The standard InChI is InChI=1S/C29H20N2O2S/c1-2-28-30-24-12-7-13-26-29(24)31(28)25-15-14-19(17-27(25)34(26,32)33)23-16-18-8-3-4-9-20(18)21-10-5-6-11-22(21)23/h3-17H,2H2,1H3. The van der Waals surface area contributed by atoms with Gasteiger partial charge < -0.3 is 0 Å². The molecule has 0 fully saturated rings. The van der Waals surface area contributed by atoms with Gasteiger partial charge in [-0.2, -0.15) is 0 Å². The average molecular weight is 461 g/mol. The second-order valence-corrected chi connectivity index (χ2v) is 10.6. The molecule has 0 amide bonds. The van der Waals surface area contributed by atoms with Gasteiger partial charge in [-0.05, 0) is 63.0 Å². The van der Waals surface area contributed by atoms with E-state index >= 15 is 0 Å². The summed E-state index contributed by atoms with van der Waals surface area (Å²) in [5.41, 5.74) is 3.98. The number of aromatic nitrogens is 2. The summed E-state index contributed by atoms with van der Waals surface area (Å²) in [4.78, 5) is 5.37. The first-order valence-electron chi connectivity index (χ1n) is 11.4. The fourth-order valence-electron chi connectivity index (χ4n) is 5.35. The lowest BCUT2D eigenvalue weighted by Gasteiger charge is -2.22. The van der Waals surface area contributed by atoms with Crippen LogP contribution in [0.15, 0.2) is 101 Å². The molecule has 0 radical (unpaired) electrons. The summed E-state index contributed by atoms with van der Waals surface area (Å²) >= 11 is 0. The van der Waals surface area contributed by atoms with Crippen molar-refractivity contribution in [3.8, 4) is 16.8 Å². The molecule has 0 saturated carbocycles. The molecule has 0 N–H and O–H groups in total. The zero-order chi connectivity index (χ0) is 23.0. The molecule has 1 aromatic heterocycles. The maximum atomic E-state index is 13.8. The highest BCUT2D eigenvalue weighted by Gasteiger charge is 2.33. The summed E-state index contributed by atoms with van der Waals surface area (Å²) in [5, 5.41) is 4.58. The van der Waals surface area contributed by atoms with Crippen molar-refractivity contribution in [1.29, 1.82) is 0 Å². The van der Waals surface area contributed by atoms with Crippen LogP contribution in [0.1, 0.15) is 12.7 Å². The number of hydrogen-bond donors (Lipinski definition) is 0. The normalized spacial score (nSPS) is 14.0. The number of imidazole rings is 1. The van der Waals surface area contributed by atoms with Gasteiger partial charge in [0.2, 0.25) is 9.84 Å². The summed E-state index contributed by atoms with van der Waals surface area (Å²) in [7, 11) is -3.69. The minimum Gasteiger partial charge on any atom is -0.294 e. The Morgan fingerprint density at radius 1 is 0.765 bits per heavy atom. The summed E-state index contributed by atoms with van der Waals surface area (Å²) in [6.45, 7) is 2.04. The van der Waals surface area contributed by atoms with Crippen LogP contribution in [0.4, 0.5) is 0 Å². The van der Waals surface area contributed by atoms with Crippen LogP contribution in [0.25, 0.3) is 49.4 Å². The number of hydrogen-bond acceptors (Lipinski definition) is 3. The summed E-state index contributed by atoms with van der Waals surface area (Å²) in [6, 6.07) is 29.9. The van der Waals surface area contributed by atoms with Crippen molar-refractivity contribution in [1.82, 2.24) is 9.55 Å². The highest BCUT2D eigenvalue weighted by atomic mass is 32.2. The molecule has 6 aromatic rings. The highest BCUT2D eigenvalue weighted by Crippen LogP contribution is 2.42. The molecule has 5 aromatic carbocycles. The van der Waals surface area contributed by atoms with Gasteiger partial charge in [-0.25, -0.2) is 13.4 Å². The largest absolute Gasteiger partial charge is 0.294 e. The zero-order valence-corrected chi connectivity index (χ0v) is 19.3. The van der Waals surface area contributed by atoms with E-state index in [1.807, 2.05) is 54.0 Å². The lowest BCUT2D eigenvalue weighted by Crippen LogP contribution is -2.16. The second kappa shape index (κ2) is 6.78. The third-order valence-electron chi connectivity index (χ3n) is 6.88. The second-order valence-electron chi connectivity index (χ2n) is 8.72. The fraction of sp³-hybridized carbons (Fsp3) is 0.0690. The molecule has 0 aliphatic carbocycles. The fourth-order valence-corrected chi connectivity index (χ4v) is 7.01. The van der Waals surface area contributed by atoms with E-state index in [1.165, 1.54) is 5.39 Å². The van der Waals surface area contributed by atoms with Gasteiger partial charge in [0.15, 0.2) is 0 Å². The monoisotopic (exact) mass is 460 g/mol.